The van der Waals surface area contributed by atoms with Gasteiger partial charge in [-0.2, -0.15) is 5.26 Å². The molecule has 90 valence electrons. The Bertz CT molecular complexity index is 619. The Hall–Kier alpha value is -1.99. The van der Waals surface area contributed by atoms with E-state index in [0.717, 1.165) is 18.2 Å². The van der Waals surface area contributed by atoms with Gasteiger partial charge in [0.15, 0.2) is 0 Å². The summed E-state index contributed by atoms with van der Waals surface area (Å²) in [5.74, 6) is -2.89. The predicted octanol–water partition coefficient (Wildman–Crippen LogP) is 4.30. The van der Waals surface area contributed by atoms with Crippen LogP contribution in [0, 0.1) is 28.8 Å². The van der Waals surface area contributed by atoms with E-state index in [9.17, 15) is 13.2 Å². The lowest BCUT2D eigenvalue weighted by Gasteiger charge is -2.08. The second-order valence-corrected chi connectivity index (χ2v) is 3.93. The first-order chi connectivity index (χ1) is 8.54. The second kappa shape index (κ2) is 4.71. The van der Waals surface area contributed by atoms with E-state index < -0.39 is 23.0 Å². The van der Waals surface area contributed by atoms with Crippen molar-refractivity contribution in [1.82, 2.24) is 0 Å². The molecule has 0 saturated heterocycles. The van der Waals surface area contributed by atoms with E-state index >= 15 is 0 Å². The number of nitriles is 1. The summed E-state index contributed by atoms with van der Waals surface area (Å²) in [6.07, 6.45) is 0. The van der Waals surface area contributed by atoms with Gasteiger partial charge in [-0.1, -0.05) is 17.7 Å². The van der Waals surface area contributed by atoms with Gasteiger partial charge in [-0.3, -0.25) is 0 Å². The minimum absolute atomic E-state index is 0.0995. The molecule has 2 aromatic carbocycles. The average Bonchev–Trinajstić information content (AvgIpc) is 2.31. The van der Waals surface area contributed by atoms with Crippen molar-refractivity contribution >= 4 is 11.6 Å². The highest BCUT2D eigenvalue weighted by molar-refractivity contribution is 6.33. The zero-order valence-corrected chi connectivity index (χ0v) is 9.60. The molecule has 0 N–H and O–H groups in total. The molecule has 0 aliphatic heterocycles. The summed E-state index contributed by atoms with van der Waals surface area (Å²) in [6, 6.07) is 7.00. The molecule has 0 fully saturated rings. The molecule has 0 bridgehead atoms. The number of hydrogen-bond acceptors (Lipinski definition) is 1. The molecular formula is C13H5ClF3N. The fourth-order valence-corrected chi connectivity index (χ4v) is 1.87. The van der Waals surface area contributed by atoms with E-state index in [1.165, 1.54) is 12.1 Å². The van der Waals surface area contributed by atoms with Gasteiger partial charge >= 0.3 is 0 Å². The molecule has 0 heterocycles. The zero-order chi connectivity index (χ0) is 13.3. The van der Waals surface area contributed by atoms with E-state index in [0.29, 0.717) is 0 Å². The maximum atomic E-state index is 13.7. The maximum Gasteiger partial charge on any atom is 0.135 e. The highest BCUT2D eigenvalue weighted by atomic mass is 35.5. The van der Waals surface area contributed by atoms with Crippen LogP contribution in [0.2, 0.25) is 5.02 Å². The highest BCUT2D eigenvalue weighted by Crippen LogP contribution is 2.34. The Morgan fingerprint density at radius 3 is 2.06 bits per heavy atom. The van der Waals surface area contributed by atoms with Crippen molar-refractivity contribution in [3.8, 4) is 17.2 Å². The molecular weight excluding hydrogens is 263 g/mol. The Morgan fingerprint density at radius 1 is 0.944 bits per heavy atom. The van der Waals surface area contributed by atoms with Gasteiger partial charge in [0, 0.05) is 5.56 Å². The van der Waals surface area contributed by atoms with Crippen molar-refractivity contribution < 1.29 is 13.2 Å². The van der Waals surface area contributed by atoms with Gasteiger partial charge in [0.1, 0.15) is 17.5 Å². The fourth-order valence-electron chi connectivity index (χ4n) is 1.61. The van der Waals surface area contributed by atoms with Gasteiger partial charge < -0.3 is 0 Å². The number of benzene rings is 2. The SMILES string of the molecule is N#Cc1cc(F)c(-c2c(F)cccc2Cl)c(F)c1. The molecule has 0 aromatic heterocycles. The Balaban J connectivity index is 2.77. The average molecular weight is 268 g/mol. The topological polar surface area (TPSA) is 23.8 Å². The summed E-state index contributed by atoms with van der Waals surface area (Å²) < 4.78 is 41.1. The molecule has 1 nitrogen and oxygen atoms in total. The van der Waals surface area contributed by atoms with Crippen LogP contribution in [0.15, 0.2) is 30.3 Å². The van der Waals surface area contributed by atoms with Gasteiger partial charge in [-0.25, -0.2) is 13.2 Å². The Kier molecular flexibility index (Phi) is 3.26. The van der Waals surface area contributed by atoms with Gasteiger partial charge in [-0.15, -0.1) is 0 Å². The number of rotatable bonds is 1. The molecule has 5 heteroatoms. The first-order valence-corrected chi connectivity index (χ1v) is 5.26. The molecule has 0 atom stereocenters. The summed E-state index contributed by atoms with van der Waals surface area (Å²) in [7, 11) is 0. The highest BCUT2D eigenvalue weighted by Gasteiger charge is 2.19. The van der Waals surface area contributed by atoms with Gasteiger partial charge in [-0.05, 0) is 24.3 Å². The van der Waals surface area contributed by atoms with Crippen LogP contribution in [0.4, 0.5) is 13.2 Å². The van der Waals surface area contributed by atoms with E-state index in [1.807, 2.05) is 0 Å². The van der Waals surface area contributed by atoms with Crippen molar-refractivity contribution in [3.63, 3.8) is 0 Å². The van der Waals surface area contributed by atoms with Crippen LogP contribution < -0.4 is 0 Å². The van der Waals surface area contributed by atoms with Crippen LogP contribution in [-0.4, -0.2) is 0 Å². The van der Waals surface area contributed by atoms with Crippen LogP contribution in [0.5, 0.6) is 0 Å². The zero-order valence-electron chi connectivity index (χ0n) is 8.85. The van der Waals surface area contributed by atoms with E-state index in [2.05, 4.69) is 0 Å². The Labute approximate surface area is 106 Å². The summed E-state index contributed by atoms with van der Waals surface area (Å²) in [5.41, 5.74) is -1.10. The van der Waals surface area contributed by atoms with Crippen molar-refractivity contribution in [1.29, 1.82) is 5.26 Å². The molecule has 18 heavy (non-hydrogen) atoms. The molecule has 2 rings (SSSR count). The third-order valence-corrected chi connectivity index (χ3v) is 2.70. The van der Waals surface area contributed by atoms with Crippen LogP contribution in [0.25, 0.3) is 11.1 Å². The number of nitrogens with zero attached hydrogens (tertiary/aromatic N) is 1. The molecule has 0 radical (unpaired) electrons. The first-order valence-electron chi connectivity index (χ1n) is 4.88. The fraction of sp³-hybridized carbons (Fsp3) is 0. The minimum atomic E-state index is -1.03. The normalized spacial score (nSPS) is 10.2. The molecule has 0 spiro atoms. The van der Waals surface area contributed by atoms with Crippen LogP contribution >= 0.6 is 11.6 Å². The van der Waals surface area contributed by atoms with Crippen LogP contribution in [0.1, 0.15) is 5.56 Å². The van der Waals surface area contributed by atoms with Gasteiger partial charge in [0.05, 0.1) is 22.2 Å². The summed E-state index contributed by atoms with van der Waals surface area (Å²) in [5, 5.41) is 8.47. The summed E-state index contributed by atoms with van der Waals surface area (Å²) in [4.78, 5) is 0. The third-order valence-electron chi connectivity index (χ3n) is 2.38. The van der Waals surface area contributed by atoms with Gasteiger partial charge in [0.2, 0.25) is 0 Å². The third kappa shape index (κ3) is 2.05. The van der Waals surface area contributed by atoms with Crippen LogP contribution in [0.3, 0.4) is 0 Å². The van der Waals surface area contributed by atoms with Crippen molar-refractivity contribution in [2.45, 2.75) is 0 Å². The number of halogens is 4. The molecule has 0 aliphatic rings. The summed E-state index contributed by atoms with van der Waals surface area (Å²) in [6.45, 7) is 0. The number of hydrogen-bond donors (Lipinski definition) is 0. The monoisotopic (exact) mass is 267 g/mol. The van der Waals surface area contributed by atoms with E-state index in [-0.39, 0.29) is 16.1 Å². The van der Waals surface area contributed by atoms with Crippen molar-refractivity contribution in [2.24, 2.45) is 0 Å². The Morgan fingerprint density at radius 2 is 1.56 bits per heavy atom. The van der Waals surface area contributed by atoms with Crippen molar-refractivity contribution in [2.75, 3.05) is 0 Å². The minimum Gasteiger partial charge on any atom is -0.206 e. The van der Waals surface area contributed by atoms with Crippen LogP contribution in [-0.2, 0) is 0 Å². The summed E-state index contributed by atoms with van der Waals surface area (Å²) >= 11 is 5.74. The molecule has 0 unspecified atom stereocenters. The van der Waals surface area contributed by atoms with Gasteiger partial charge in [0.25, 0.3) is 0 Å². The second-order valence-electron chi connectivity index (χ2n) is 3.52. The van der Waals surface area contributed by atoms with E-state index in [1.54, 1.807) is 6.07 Å². The molecule has 0 saturated carbocycles. The smallest absolute Gasteiger partial charge is 0.135 e. The molecule has 2 aromatic rings. The quantitative estimate of drug-likeness (QED) is 0.756. The maximum absolute atomic E-state index is 13.7. The van der Waals surface area contributed by atoms with Crippen molar-refractivity contribution in [3.05, 3.63) is 58.4 Å². The lowest BCUT2D eigenvalue weighted by molar-refractivity contribution is 0.581. The largest absolute Gasteiger partial charge is 0.206 e. The molecule has 0 amide bonds. The molecule has 0 aliphatic carbocycles. The predicted molar refractivity (Wildman–Crippen MR) is 61.5 cm³/mol. The lowest BCUT2D eigenvalue weighted by Crippen LogP contribution is -1.95. The standard InChI is InChI=1S/C13H5ClF3N/c14-8-2-1-3-9(15)12(8)13-10(16)4-7(6-18)5-11(13)17/h1-5H. The van der Waals surface area contributed by atoms with E-state index in [4.69, 9.17) is 16.9 Å². The lowest BCUT2D eigenvalue weighted by atomic mass is 10.0. The first kappa shape index (κ1) is 12.5.